The number of benzene rings is 2. The Balaban J connectivity index is 0.00000225. The van der Waals surface area contributed by atoms with Crippen LogP contribution in [0.5, 0.6) is 0 Å². The molecule has 28 heavy (non-hydrogen) atoms. The van der Waals surface area contributed by atoms with Gasteiger partial charge in [0.1, 0.15) is 11.3 Å². The standard InChI is InChI=1S/C16H10Cl3N3O4S.K/c17-8-1-2-9(12(19)7-8)16-20-14-11(18)4-3-10-13(21-26-27(23,24)25)5-6-22(16)15(10)14;/h1-4,7H,5-6H2,(H,23,24,25);/q;+1/p-1/b21-13+;. The largest absolute Gasteiger partial charge is 1.00 e. The minimum absolute atomic E-state index is 0. The molecule has 0 saturated heterocycles. The van der Waals surface area contributed by atoms with Gasteiger partial charge in [-0.2, -0.15) is 8.42 Å². The molecule has 1 aliphatic heterocycles. The van der Waals surface area contributed by atoms with E-state index in [2.05, 4.69) is 14.4 Å². The maximum absolute atomic E-state index is 10.7. The first-order chi connectivity index (χ1) is 12.7. The van der Waals surface area contributed by atoms with E-state index in [1.807, 2.05) is 4.57 Å². The van der Waals surface area contributed by atoms with Crippen molar-refractivity contribution in [3.63, 3.8) is 0 Å². The summed E-state index contributed by atoms with van der Waals surface area (Å²) in [5, 5.41) is 4.86. The second-order valence-electron chi connectivity index (χ2n) is 5.77. The summed E-state index contributed by atoms with van der Waals surface area (Å²) in [5.41, 5.74) is 2.73. The van der Waals surface area contributed by atoms with Gasteiger partial charge < -0.3 is 9.12 Å². The first kappa shape index (κ1) is 22.5. The SMILES string of the molecule is O=S(=O)([O-])O/N=C1\CCn2c(-c3ccc(Cl)cc3Cl)nc3c(Cl)ccc1c32.[K+]. The molecule has 0 bridgehead atoms. The number of nitrogens with zero attached hydrogens (tertiary/aromatic N) is 3. The zero-order valence-electron chi connectivity index (χ0n) is 14.3. The van der Waals surface area contributed by atoms with Crippen LogP contribution in [0.2, 0.25) is 15.1 Å². The van der Waals surface area contributed by atoms with Crippen LogP contribution >= 0.6 is 34.8 Å². The summed E-state index contributed by atoms with van der Waals surface area (Å²) in [6.07, 6.45) is 0.327. The van der Waals surface area contributed by atoms with Gasteiger partial charge in [0.25, 0.3) is 10.4 Å². The van der Waals surface area contributed by atoms with Crippen LogP contribution in [0.3, 0.4) is 0 Å². The van der Waals surface area contributed by atoms with Crippen molar-refractivity contribution in [1.82, 2.24) is 9.55 Å². The zero-order valence-corrected chi connectivity index (χ0v) is 20.5. The molecule has 0 unspecified atom stereocenters. The van der Waals surface area contributed by atoms with E-state index in [1.54, 1.807) is 30.3 Å². The van der Waals surface area contributed by atoms with Gasteiger partial charge in [0.15, 0.2) is 0 Å². The van der Waals surface area contributed by atoms with Crippen LogP contribution in [0.25, 0.3) is 22.4 Å². The Labute approximate surface area is 218 Å². The maximum Gasteiger partial charge on any atom is 1.00 e. The van der Waals surface area contributed by atoms with Crippen molar-refractivity contribution >= 4 is 61.9 Å². The van der Waals surface area contributed by atoms with Crippen molar-refractivity contribution in [2.45, 2.75) is 13.0 Å². The number of halogens is 3. The molecule has 12 heteroatoms. The molecule has 0 atom stereocenters. The van der Waals surface area contributed by atoms with Crippen molar-refractivity contribution in [3.8, 4) is 11.4 Å². The molecule has 0 fully saturated rings. The Morgan fingerprint density at radius 3 is 2.50 bits per heavy atom. The van der Waals surface area contributed by atoms with Crippen LogP contribution in [-0.4, -0.2) is 28.2 Å². The molecule has 7 nitrogen and oxygen atoms in total. The Bertz CT molecular complexity index is 1230. The molecule has 2 heterocycles. The third-order valence-corrected chi connectivity index (χ3v) is 5.25. The molecule has 0 saturated carbocycles. The third kappa shape index (κ3) is 4.29. The monoisotopic (exact) mass is 483 g/mol. The van der Waals surface area contributed by atoms with Gasteiger partial charge in [0, 0.05) is 29.1 Å². The number of oxime groups is 1. The van der Waals surface area contributed by atoms with E-state index in [0.717, 1.165) is 0 Å². The van der Waals surface area contributed by atoms with Crippen LogP contribution < -0.4 is 51.4 Å². The number of hydrogen-bond donors (Lipinski definition) is 0. The Morgan fingerprint density at radius 1 is 1.11 bits per heavy atom. The van der Waals surface area contributed by atoms with Crippen molar-refractivity contribution in [2.75, 3.05) is 0 Å². The Hall–Kier alpha value is -0.204. The number of aryl methyl sites for hydroxylation is 1. The molecule has 140 valence electrons. The predicted molar refractivity (Wildman–Crippen MR) is 102 cm³/mol. The van der Waals surface area contributed by atoms with Crippen LogP contribution in [0, 0.1) is 0 Å². The van der Waals surface area contributed by atoms with Gasteiger partial charge in [-0.15, -0.1) is 0 Å². The van der Waals surface area contributed by atoms with Gasteiger partial charge in [-0.3, -0.25) is 4.28 Å². The molecule has 1 aliphatic rings. The van der Waals surface area contributed by atoms with Crippen LogP contribution in [0.1, 0.15) is 12.0 Å². The minimum atomic E-state index is -4.94. The van der Waals surface area contributed by atoms with Gasteiger partial charge in [0.2, 0.25) is 0 Å². The molecule has 0 radical (unpaired) electrons. The quantitative estimate of drug-likeness (QED) is 0.241. The summed E-state index contributed by atoms with van der Waals surface area (Å²) in [5.74, 6) is 0.595. The first-order valence-electron chi connectivity index (χ1n) is 7.60. The normalized spacial score (nSPS) is 14.9. The van der Waals surface area contributed by atoms with E-state index in [0.29, 0.717) is 61.7 Å². The summed E-state index contributed by atoms with van der Waals surface area (Å²) in [6, 6.07) is 8.39. The second kappa shape index (κ2) is 8.50. The van der Waals surface area contributed by atoms with Crippen LogP contribution in [-0.2, 0) is 21.2 Å². The molecule has 3 aromatic rings. The van der Waals surface area contributed by atoms with E-state index >= 15 is 0 Å². The summed E-state index contributed by atoms with van der Waals surface area (Å²) in [4.78, 5) is 4.62. The van der Waals surface area contributed by atoms with Crippen LogP contribution in [0.4, 0.5) is 0 Å². The van der Waals surface area contributed by atoms with E-state index < -0.39 is 10.4 Å². The Morgan fingerprint density at radius 2 is 1.82 bits per heavy atom. The van der Waals surface area contributed by atoms with Crippen molar-refractivity contribution in [1.29, 1.82) is 0 Å². The molecule has 0 aliphatic carbocycles. The molecule has 4 rings (SSSR count). The summed E-state index contributed by atoms with van der Waals surface area (Å²) in [6.45, 7) is 0.416. The zero-order chi connectivity index (χ0) is 19.3. The van der Waals surface area contributed by atoms with E-state index in [4.69, 9.17) is 34.8 Å². The molecular formula is C16H9Cl3KN3O4S. The average molecular weight is 485 g/mol. The van der Waals surface area contributed by atoms with Gasteiger partial charge in [-0.05, 0) is 30.3 Å². The van der Waals surface area contributed by atoms with E-state index in [9.17, 15) is 13.0 Å². The average Bonchev–Trinajstić information content (AvgIpc) is 2.97. The molecular weight excluding hydrogens is 476 g/mol. The fourth-order valence-electron chi connectivity index (χ4n) is 3.07. The van der Waals surface area contributed by atoms with Crippen molar-refractivity contribution in [3.05, 3.63) is 51.0 Å². The predicted octanol–water partition coefficient (Wildman–Crippen LogP) is 1.25. The minimum Gasteiger partial charge on any atom is -0.714 e. The number of imidazole rings is 1. The van der Waals surface area contributed by atoms with Gasteiger partial charge >= 0.3 is 51.4 Å². The van der Waals surface area contributed by atoms with Gasteiger partial charge in [-0.25, -0.2) is 4.98 Å². The fourth-order valence-corrected chi connectivity index (χ4v) is 3.94. The van der Waals surface area contributed by atoms with Crippen molar-refractivity contribution in [2.24, 2.45) is 5.16 Å². The smallest absolute Gasteiger partial charge is 0.714 e. The van der Waals surface area contributed by atoms with Crippen LogP contribution in [0.15, 0.2) is 35.5 Å². The van der Waals surface area contributed by atoms with Gasteiger partial charge in [0.05, 0.1) is 21.3 Å². The summed E-state index contributed by atoms with van der Waals surface area (Å²) in [7, 11) is -4.94. The summed E-state index contributed by atoms with van der Waals surface area (Å²) < 4.78 is 38.2. The van der Waals surface area contributed by atoms with Crippen molar-refractivity contribution < 1.29 is 68.6 Å². The maximum atomic E-state index is 10.7. The molecule has 1 aromatic heterocycles. The van der Waals surface area contributed by atoms with Gasteiger partial charge in [-0.1, -0.05) is 40.0 Å². The molecule has 0 spiro atoms. The summed E-state index contributed by atoms with van der Waals surface area (Å²) >= 11 is 18.6. The first-order valence-corrected chi connectivity index (χ1v) is 10.1. The second-order valence-corrected chi connectivity index (χ2v) is 7.99. The van der Waals surface area contributed by atoms with E-state index in [-0.39, 0.29) is 51.4 Å². The number of rotatable bonds is 3. The molecule has 0 N–H and O–H groups in total. The third-order valence-electron chi connectivity index (χ3n) is 4.14. The molecule has 2 aromatic carbocycles. The van der Waals surface area contributed by atoms with E-state index in [1.165, 1.54) is 0 Å². The number of hydrogen-bond acceptors (Lipinski definition) is 6. The number of aromatic nitrogens is 2. The Kier molecular flexibility index (Phi) is 6.83. The fraction of sp³-hybridized carbons (Fsp3) is 0.125. The topological polar surface area (TPSA) is 96.6 Å². The molecule has 0 amide bonds.